The highest BCUT2D eigenvalue weighted by atomic mass is 35.5. The second-order valence-electron chi connectivity index (χ2n) is 8.30. The Labute approximate surface area is 242 Å². The highest BCUT2D eigenvalue weighted by Gasteiger charge is 2.13. The summed E-state index contributed by atoms with van der Waals surface area (Å²) in [5.41, 5.74) is 5.36. The smallest absolute Gasteiger partial charge is 0.271 e. The van der Waals surface area contributed by atoms with Gasteiger partial charge >= 0.3 is 0 Å². The second-order valence-corrected chi connectivity index (χ2v) is 9.55. The monoisotopic (exact) mass is 582 g/mol. The van der Waals surface area contributed by atoms with E-state index in [1.807, 2.05) is 49.4 Å². The molecule has 0 spiro atoms. The summed E-state index contributed by atoms with van der Waals surface area (Å²) in [7, 11) is 0. The lowest BCUT2D eigenvalue weighted by Crippen LogP contribution is -2.17. The molecule has 0 unspecified atom stereocenters. The van der Waals surface area contributed by atoms with Crippen LogP contribution >= 0.6 is 34.8 Å². The fourth-order valence-electron chi connectivity index (χ4n) is 3.58. The summed E-state index contributed by atoms with van der Waals surface area (Å²) < 4.78 is 17.4. The van der Waals surface area contributed by atoms with Crippen molar-refractivity contribution >= 4 is 46.9 Å². The predicted molar refractivity (Wildman–Crippen MR) is 156 cm³/mol. The molecule has 0 radical (unpaired) electrons. The Morgan fingerprint density at radius 3 is 2.23 bits per heavy atom. The first kappa shape index (κ1) is 28.3. The number of amides is 1. The van der Waals surface area contributed by atoms with Crippen molar-refractivity contribution in [2.45, 2.75) is 20.1 Å². The number of carbonyl (C=O) groups is 1. The number of halogens is 3. The van der Waals surface area contributed by atoms with Gasteiger partial charge in [-0.3, -0.25) is 4.79 Å². The van der Waals surface area contributed by atoms with Gasteiger partial charge in [0.1, 0.15) is 13.2 Å². The molecule has 4 rings (SSSR count). The van der Waals surface area contributed by atoms with Crippen LogP contribution in [0.2, 0.25) is 15.1 Å². The van der Waals surface area contributed by atoms with E-state index in [4.69, 9.17) is 49.0 Å². The van der Waals surface area contributed by atoms with Crippen molar-refractivity contribution in [2.75, 3.05) is 6.61 Å². The fraction of sp³-hybridized carbons (Fsp3) is 0.133. The zero-order valence-electron chi connectivity index (χ0n) is 21.0. The van der Waals surface area contributed by atoms with Gasteiger partial charge in [-0.05, 0) is 66.1 Å². The fourth-order valence-corrected chi connectivity index (χ4v) is 4.40. The van der Waals surface area contributed by atoms with E-state index in [-0.39, 0.29) is 6.61 Å². The Morgan fingerprint density at radius 2 is 1.51 bits per heavy atom. The molecular formula is C30H25Cl3N2O4. The largest absolute Gasteiger partial charge is 0.490 e. The number of hydrogen-bond acceptors (Lipinski definition) is 5. The molecule has 4 aromatic rings. The van der Waals surface area contributed by atoms with E-state index in [0.717, 1.165) is 11.1 Å². The average molecular weight is 584 g/mol. The summed E-state index contributed by atoms with van der Waals surface area (Å²) in [6.07, 6.45) is 1.44. The van der Waals surface area contributed by atoms with Gasteiger partial charge in [0.15, 0.2) is 17.2 Å². The van der Waals surface area contributed by atoms with E-state index in [1.54, 1.807) is 42.5 Å². The minimum atomic E-state index is -0.416. The molecular weight excluding hydrogens is 559 g/mol. The van der Waals surface area contributed by atoms with Crippen molar-refractivity contribution in [3.8, 4) is 17.2 Å². The molecule has 0 atom stereocenters. The first-order valence-corrected chi connectivity index (χ1v) is 13.2. The summed E-state index contributed by atoms with van der Waals surface area (Å²) in [4.78, 5) is 12.7. The Morgan fingerprint density at radius 1 is 0.795 bits per heavy atom. The van der Waals surface area contributed by atoms with E-state index < -0.39 is 5.91 Å². The SMILES string of the molecule is CCOc1cc(C(=O)N/N=C/c2cc(Cl)c(OCc3cccc(Cl)c3)c(Cl)c2)ccc1OCc1ccccc1. The van der Waals surface area contributed by atoms with Crippen molar-refractivity contribution in [1.82, 2.24) is 5.43 Å². The van der Waals surface area contributed by atoms with E-state index in [2.05, 4.69) is 10.5 Å². The van der Waals surface area contributed by atoms with Crippen LogP contribution in [0.4, 0.5) is 0 Å². The van der Waals surface area contributed by atoms with Crippen LogP contribution in [-0.2, 0) is 13.2 Å². The molecule has 0 saturated carbocycles. The maximum Gasteiger partial charge on any atom is 0.271 e. The first-order valence-electron chi connectivity index (χ1n) is 12.1. The van der Waals surface area contributed by atoms with Gasteiger partial charge in [-0.15, -0.1) is 0 Å². The van der Waals surface area contributed by atoms with Crippen LogP contribution in [0.15, 0.2) is 90.0 Å². The summed E-state index contributed by atoms with van der Waals surface area (Å²) in [6.45, 7) is 2.92. The third-order valence-electron chi connectivity index (χ3n) is 5.42. The summed E-state index contributed by atoms with van der Waals surface area (Å²) in [5, 5.41) is 5.27. The van der Waals surface area contributed by atoms with Crippen LogP contribution in [0, 0.1) is 0 Å². The molecule has 0 heterocycles. The number of ether oxygens (including phenoxy) is 3. The van der Waals surface area contributed by atoms with Crippen molar-refractivity contribution in [3.05, 3.63) is 122 Å². The van der Waals surface area contributed by atoms with Gasteiger partial charge in [0, 0.05) is 10.6 Å². The second kappa shape index (κ2) is 13.9. The minimum absolute atomic E-state index is 0.253. The number of rotatable bonds is 11. The van der Waals surface area contributed by atoms with Gasteiger partial charge in [-0.1, -0.05) is 77.3 Å². The minimum Gasteiger partial charge on any atom is -0.490 e. The molecule has 0 aliphatic rings. The number of carbonyl (C=O) groups excluding carboxylic acids is 1. The molecule has 1 N–H and O–H groups in total. The molecule has 0 aliphatic carbocycles. The van der Waals surface area contributed by atoms with Gasteiger partial charge in [0.05, 0.1) is 22.9 Å². The molecule has 200 valence electrons. The molecule has 0 aliphatic heterocycles. The van der Waals surface area contributed by atoms with E-state index in [1.165, 1.54) is 6.21 Å². The van der Waals surface area contributed by atoms with Gasteiger partial charge in [-0.25, -0.2) is 5.43 Å². The van der Waals surface area contributed by atoms with Gasteiger partial charge < -0.3 is 14.2 Å². The number of hydrazone groups is 1. The van der Waals surface area contributed by atoms with Gasteiger partial charge in [0.25, 0.3) is 5.91 Å². The third-order valence-corrected chi connectivity index (χ3v) is 6.21. The Balaban J connectivity index is 1.38. The molecule has 1 amide bonds. The summed E-state index contributed by atoms with van der Waals surface area (Å²) in [6, 6.07) is 25.4. The Bertz CT molecular complexity index is 1440. The average Bonchev–Trinajstić information content (AvgIpc) is 2.92. The maximum atomic E-state index is 12.7. The third kappa shape index (κ3) is 8.14. The van der Waals surface area contributed by atoms with Crippen LogP contribution in [0.5, 0.6) is 17.2 Å². The van der Waals surface area contributed by atoms with Crippen molar-refractivity contribution in [1.29, 1.82) is 0 Å². The lowest BCUT2D eigenvalue weighted by molar-refractivity contribution is 0.0954. The van der Waals surface area contributed by atoms with Gasteiger partial charge in [0.2, 0.25) is 0 Å². The first-order chi connectivity index (χ1) is 18.9. The quantitative estimate of drug-likeness (QED) is 0.144. The molecule has 9 heteroatoms. The topological polar surface area (TPSA) is 69.2 Å². The standard InChI is InChI=1S/C30H25Cl3N2O4/c1-2-37-28-16-23(11-12-27(28)38-18-20-7-4-3-5-8-20)30(36)35-34-17-22-14-25(32)29(26(33)15-22)39-19-21-9-6-10-24(31)13-21/h3-17H,2,18-19H2,1H3,(H,35,36)/b34-17+. The maximum absolute atomic E-state index is 12.7. The number of nitrogens with one attached hydrogen (secondary N) is 1. The van der Waals surface area contributed by atoms with Crippen molar-refractivity contribution < 1.29 is 19.0 Å². The molecule has 0 aromatic heterocycles. The molecule has 39 heavy (non-hydrogen) atoms. The normalized spacial score (nSPS) is 10.9. The zero-order valence-corrected chi connectivity index (χ0v) is 23.3. The summed E-state index contributed by atoms with van der Waals surface area (Å²) >= 11 is 18.8. The van der Waals surface area contributed by atoms with Crippen LogP contribution in [-0.4, -0.2) is 18.7 Å². The molecule has 0 saturated heterocycles. The van der Waals surface area contributed by atoms with Crippen LogP contribution < -0.4 is 19.6 Å². The Kier molecular flexibility index (Phi) is 10.1. The van der Waals surface area contributed by atoms with Crippen molar-refractivity contribution in [2.24, 2.45) is 5.10 Å². The predicted octanol–water partition coefficient (Wildman–Crippen LogP) is 7.97. The molecule has 4 aromatic carbocycles. The van der Waals surface area contributed by atoms with Gasteiger partial charge in [-0.2, -0.15) is 5.10 Å². The zero-order chi connectivity index (χ0) is 27.6. The number of benzene rings is 4. The summed E-state index contributed by atoms with van der Waals surface area (Å²) in [5.74, 6) is 0.942. The van der Waals surface area contributed by atoms with Crippen LogP contribution in [0.3, 0.4) is 0 Å². The lowest BCUT2D eigenvalue weighted by atomic mass is 10.2. The number of nitrogens with zero attached hydrogens (tertiary/aromatic N) is 1. The van der Waals surface area contributed by atoms with E-state index >= 15 is 0 Å². The highest BCUT2D eigenvalue weighted by molar-refractivity contribution is 6.37. The Hall–Kier alpha value is -3.71. The van der Waals surface area contributed by atoms with E-state index in [9.17, 15) is 4.79 Å². The van der Waals surface area contributed by atoms with Crippen LogP contribution in [0.1, 0.15) is 34.0 Å². The highest BCUT2D eigenvalue weighted by Crippen LogP contribution is 2.34. The molecule has 6 nitrogen and oxygen atoms in total. The van der Waals surface area contributed by atoms with E-state index in [0.29, 0.717) is 56.7 Å². The van der Waals surface area contributed by atoms with Crippen LogP contribution in [0.25, 0.3) is 0 Å². The number of hydrogen-bond donors (Lipinski definition) is 1. The molecule has 0 bridgehead atoms. The van der Waals surface area contributed by atoms with Crippen molar-refractivity contribution in [3.63, 3.8) is 0 Å². The lowest BCUT2D eigenvalue weighted by Gasteiger charge is -2.13. The molecule has 0 fully saturated rings.